The number of aliphatic hydroxyl groups is 1. The highest BCUT2D eigenvalue weighted by Crippen LogP contribution is 2.21. The first-order valence-corrected chi connectivity index (χ1v) is 23.8. The van der Waals surface area contributed by atoms with Crippen LogP contribution in [-0.4, -0.2) is 68.1 Å². The number of alkyl halides is 1. The van der Waals surface area contributed by atoms with Crippen molar-refractivity contribution in [2.45, 2.75) is 239 Å². The highest BCUT2D eigenvalue weighted by atomic mass is 19.1. The SMILES string of the molecule is CCCCCCCCCOC(=O)CCCCCCCN(CCCCO)CCCCCCCC(=O)OCC(CCCCCCCC)CCCCCCCCF. The Kier molecular flexibility index (Phi) is 43.5. The molecule has 1 unspecified atom stereocenters. The molecule has 0 fully saturated rings. The molecule has 0 radical (unpaired) electrons. The maximum absolute atomic E-state index is 12.6. The predicted molar refractivity (Wildman–Crippen MR) is 228 cm³/mol. The molecule has 1 atom stereocenters. The normalized spacial score (nSPS) is 12.1. The van der Waals surface area contributed by atoms with Crippen molar-refractivity contribution in [1.82, 2.24) is 4.90 Å². The van der Waals surface area contributed by atoms with Crippen molar-refractivity contribution in [1.29, 1.82) is 0 Å². The van der Waals surface area contributed by atoms with E-state index in [1.54, 1.807) is 0 Å². The van der Waals surface area contributed by atoms with E-state index in [0.717, 1.165) is 96.7 Å². The zero-order valence-corrected chi connectivity index (χ0v) is 36.2. The lowest BCUT2D eigenvalue weighted by atomic mass is 9.94. The molecule has 0 aromatic heterocycles. The van der Waals surface area contributed by atoms with E-state index >= 15 is 0 Å². The number of rotatable bonds is 45. The molecule has 7 heteroatoms. The minimum Gasteiger partial charge on any atom is -0.466 e. The molecule has 0 aromatic rings. The van der Waals surface area contributed by atoms with E-state index in [1.807, 2.05) is 0 Å². The summed E-state index contributed by atoms with van der Waals surface area (Å²) < 4.78 is 23.6. The summed E-state index contributed by atoms with van der Waals surface area (Å²) in [6.45, 7) is 9.00. The molecule has 54 heavy (non-hydrogen) atoms. The average Bonchev–Trinajstić information content (AvgIpc) is 3.17. The molecule has 0 bridgehead atoms. The van der Waals surface area contributed by atoms with Gasteiger partial charge in [0.05, 0.1) is 19.9 Å². The Hall–Kier alpha value is -1.21. The van der Waals surface area contributed by atoms with Crippen LogP contribution in [0.25, 0.3) is 0 Å². The van der Waals surface area contributed by atoms with E-state index in [4.69, 9.17) is 9.47 Å². The number of unbranched alkanes of at least 4 members (excludes halogenated alkanes) is 25. The van der Waals surface area contributed by atoms with Crippen LogP contribution in [-0.2, 0) is 19.1 Å². The van der Waals surface area contributed by atoms with Crippen molar-refractivity contribution in [3.8, 4) is 0 Å². The summed E-state index contributed by atoms with van der Waals surface area (Å²) in [7, 11) is 0. The smallest absolute Gasteiger partial charge is 0.305 e. The first-order chi connectivity index (χ1) is 26.6. The van der Waals surface area contributed by atoms with Gasteiger partial charge < -0.3 is 19.5 Å². The Morgan fingerprint density at radius 3 is 1.35 bits per heavy atom. The summed E-state index contributed by atoms with van der Waals surface area (Å²) in [6.07, 6.45) is 39.2. The van der Waals surface area contributed by atoms with Crippen LogP contribution < -0.4 is 0 Å². The largest absolute Gasteiger partial charge is 0.466 e. The van der Waals surface area contributed by atoms with Crippen LogP contribution >= 0.6 is 0 Å². The van der Waals surface area contributed by atoms with Crippen molar-refractivity contribution in [3.63, 3.8) is 0 Å². The fraction of sp³-hybridized carbons (Fsp3) is 0.957. The van der Waals surface area contributed by atoms with Gasteiger partial charge in [0, 0.05) is 19.4 Å². The summed E-state index contributed by atoms with van der Waals surface area (Å²) >= 11 is 0. The standard InChI is InChI=1S/C47H92FNO5/c1-3-5-7-9-13-23-33-43-53-46(51)36-26-18-14-21-29-39-49(41-31-32-42-50)40-30-22-15-19-27-37-47(52)54-44-45(34-24-16-10-8-6-4-2)35-25-17-11-12-20-28-38-48/h45,50H,3-44H2,1-2H3. The molecule has 0 amide bonds. The molecule has 0 aliphatic carbocycles. The van der Waals surface area contributed by atoms with Gasteiger partial charge in [-0.2, -0.15) is 0 Å². The quantitative estimate of drug-likeness (QED) is 0.0491. The molecule has 6 nitrogen and oxygen atoms in total. The highest BCUT2D eigenvalue weighted by Gasteiger charge is 2.13. The zero-order valence-electron chi connectivity index (χ0n) is 36.2. The molecule has 0 spiro atoms. The van der Waals surface area contributed by atoms with E-state index in [-0.39, 0.29) is 25.2 Å². The lowest BCUT2D eigenvalue weighted by Gasteiger charge is -2.22. The second kappa shape index (κ2) is 44.5. The van der Waals surface area contributed by atoms with E-state index in [1.165, 1.54) is 128 Å². The third-order valence-electron chi connectivity index (χ3n) is 11.0. The number of hydrogen-bond acceptors (Lipinski definition) is 6. The molecule has 0 rings (SSSR count). The Balaban J connectivity index is 4.08. The monoisotopic (exact) mass is 770 g/mol. The first-order valence-electron chi connectivity index (χ1n) is 23.8. The topological polar surface area (TPSA) is 76.1 Å². The van der Waals surface area contributed by atoms with Gasteiger partial charge in [0.25, 0.3) is 0 Å². The number of esters is 2. The lowest BCUT2D eigenvalue weighted by Crippen LogP contribution is -2.27. The molecule has 0 aliphatic heterocycles. The molecule has 0 aromatic carbocycles. The Morgan fingerprint density at radius 2 is 0.870 bits per heavy atom. The van der Waals surface area contributed by atoms with Crippen LogP contribution in [0.1, 0.15) is 239 Å². The molecular weight excluding hydrogens is 678 g/mol. The van der Waals surface area contributed by atoms with Gasteiger partial charge in [-0.1, -0.05) is 162 Å². The van der Waals surface area contributed by atoms with Gasteiger partial charge >= 0.3 is 11.9 Å². The molecular formula is C47H92FNO5. The van der Waals surface area contributed by atoms with Crippen molar-refractivity contribution >= 4 is 11.9 Å². The number of nitrogens with zero attached hydrogens (tertiary/aromatic N) is 1. The summed E-state index contributed by atoms with van der Waals surface area (Å²) in [5.74, 6) is 0.425. The molecule has 0 heterocycles. The highest BCUT2D eigenvalue weighted by molar-refractivity contribution is 5.69. The predicted octanol–water partition coefficient (Wildman–Crippen LogP) is 13.6. The second-order valence-electron chi connectivity index (χ2n) is 16.4. The number of carbonyl (C=O) groups excluding carboxylic acids is 2. The summed E-state index contributed by atoms with van der Waals surface area (Å²) in [4.78, 5) is 27.2. The summed E-state index contributed by atoms with van der Waals surface area (Å²) in [5.41, 5.74) is 0. The number of ether oxygens (including phenoxy) is 2. The number of carbonyl (C=O) groups is 2. The maximum atomic E-state index is 12.6. The minimum absolute atomic E-state index is 0.0250. The van der Waals surface area contributed by atoms with E-state index in [2.05, 4.69) is 18.7 Å². The van der Waals surface area contributed by atoms with Gasteiger partial charge in [0.2, 0.25) is 0 Å². The fourth-order valence-corrected chi connectivity index (χ4v) is 7.41. The first kappa shape index (κ1) is 52.8. The van der Waals surface area contributed by atoms with Crippen molar-refractivity contribution in [2.24, 2.45) is 5.92 Å². The third-order valence-corrected chi connectivity index (χ3v) is 11.0. The lowest BCUT2D eigenvalue weighted by molar-refractivity contribution is -0.145. The van der Waals surface area contributed by atoms with E-state index in [0.29, 0.717) is 38.4 Å². The molecule has 0 saturated heterocycles. The maximum Gasteiger partial charge on any atom is 0.305 e. The van der Waals surface area contributed by atoms with Gasteiger partial charge in [-0.15, -0.1) is 0 Å². The van der Waals surface area contributed by atoms with Gasteiger partial charge in [-0.3, -0.25) is 14.0 Å². The number of halogens is 1. The van der Waals surface area contributed by atoms with Crippen molar-refractivity contribution < 1.29 is 28.6 Å². The summed E-state index contributed by atoms with van der Waals surface area (Å²) in [5, 5.41) is 9.27. The van der Waals surface area contributed by atoms with Gasteiger partial charge in [0.15, 0.2) is 0 Å². The van der Waals surface area contributed by atoms with Crippen LogP contribution in [0.15, 0.2) is 0 Å². The van der Waals surface area contributed by atoms with Crippen LogP contribution in [0.5, 0.6) is 0 Å². The van der Waals surface area contributed by atoms with Crippen LogP contribution in [0.3, 0.4) is 0 Å². The van der Waals surface area contributed by atoms with Crippen molar-refractivity contribution in [2.75, 3.05) is 46.1 Å². The molecule has 0 aliphatic rings. The van der Waals surface area contributed by atoms with E-state index in [9.17, 15) is 19.1 Å². The van der Waals surface area contributed by atoms with Crippen LogP contribution in [0, 0.1) is 5.92 Å². The van der Waals surface area contributed by atoms with Crippen molar-refractivity contribution in [3.05, 3.63) is 0 Å². The van der Waals surface area contributed by atoms with Gasteiger partial charge in [-0.05, 0) is 89.8 Å². The number of hydrogen-bond donors (Lipinski definition) is 1. The summed E-state index contributed by atoms with van der Waals surface area (Å²) in [6, 6.07) is 0. The molecule has 1 N–H and O–H groups in total. The van der Waals surface area contributed by atoms with Crippen LogP contribution in [0.4, 0.5) is 4.39 Å². The Morgan fingerprint density at radius 1 is 0.481 bits per heavy atom. The Labute approximate surface area is 335 Å². The minimum atomic E-state index is -0.193. The van der Waals surface area contributed by atoms with Crippen LogP contribution in [0.2, 0.25) is 0 Å². The van der Waals surface area contributed by atoms with Gasteiger partial charge in [-0.25, -0.2) is 0 Å². The average molecular weight is 770 g/mol. The third kappa shape index (κ3) is 40.5. The fourth-order valence-electron chi connectivity index (χ4n) is 7.41. The molecule has 322 valence electrons. The zero-order chi connectivity index (χ0) is 39.4. The second-order valence-corrected chi connectivity index (χ2v) is 16.4. The molecule has 0 saturated carbocycles. The Bertz CT molecular complexity index is 768. The number of aliphatic hydroxyl groups excluding tert-OH is 1. The van der Waals surface area contributed by atoms with Gasteiger partial charge in [0.1, 0.15) is 0 Å². The van der Waals surface area contributed by atoms with E-state index < -0.39 is 0 Å².